The van der Waals surface area contributed by atoms with Gasteiger partial charge in [0.2, 0.25) is 0 Å². The van der Waals surface area contributed by atoms with Gasteiger partial charge in [0.1, 0.15) is 13.2 Å². The van der Waals surface area contributed by atoms with Gasteiger partial charge in [0.15, 0.2) is 6.10 Å². The summed E-state index contributed by atoms with van der Waals surface area (Å²) in [4.78, 5) is 37.9. The van der Waals surface area contributed by atoms with Crippen molar-refractivity contribution in [1.29, 1.82) is 0 Å². The van der Waals surface area contributed by atoms with Gasteiger partial charge in [0.25, 0.3) is 0 Å². The molecule has 1 atom stereocenters. The fourth-order valence-corrected chi connectivity index (χ4v) is 9.09. The third-order valence-corrected chi connectivity index (χ3v) is 13.8. The number of unbranched alkanes of at least 4 members (excludes halogenated alkanes) is 38. The van der Waals surface area contributed by atoms with Crippen molar-refractivity contribution in [2.75, 3.05) is 13.2 Å². The van der Waals surface area contributed by atoms with Gasteiger partial charge >= 0.3 is 17.9 Å². The molecule has 0 bridgehead atoms. The Morgan fingerprint density at radius 1 is 0.282 bits per heavy atom. The van der Waals surface area contributed by atoms with Gasteiger partial charge in [-0.05, 0) is 83.5 Å². The molecule has 0 rings (SSSR count). The average molecular weight is 996 g/mol. The van der Waals surface area contributed by atoms with E-state index in [1.807, 2.05) is 0 Å². The second-order valence-corrected chi connectivity index (χ2v) is 21.0. The van der Waals surface area contributed by atoms with E-state index < -0.39 is 6.10 Å². The normalized spacial score (nSPS) is 12.3. The molecule has 0 aromatic rings. The summed E-state index contributed by atoms with van der Waals surface area (Å²) in [5.74, 6) is -0.889. The number of carbonyl (C=O) groups excluding carboxylic acids is 3. The molecular weight excluding hydrogens is 877 g/mol. The van der Waals surface area contributed by atoms with Crippen molar-refractivity contribution < 1.29 is 28.6 Å². The molecule has 0 saturated carbocycles. The zero-order chi connectivity index (χ0) is 51.4. The molecule has 0 aliphatic heterocycles. The minimum absolute atomic E-state index is 0.0763. The smallest absolute Gasteiger partial charge is 0.306 e. The van der Waals surface area contributed by atoms with Gasteiger partial charge in [-0.2, -0.15) is 0 Å². The van der Waals surface area contributed by atoms with E-state index in [2.05, 4.69) is 69.4 Å². The van der Waals surface area contributed by atoms with E-state index in [4.69, 9.17) is 14.2 Å². The molecule has 0 radical (unpaired) electrons. The lowest BCUT2D eigenvalue weighted by Gasteiger charge is -2.18. The molecule has 6 nitrogen and oxygen atoms in total. The van der Waals surface area contributed by atoms with E-state index in [-0.39, 0.29) is 31.1 Å². The summed E-state index contributed by atoms with van der Waals surface area (Å²) in [6, 6.07) is 0. The SMILES string of the molecule is CCCCCCC/C=C\C/C=C\C/C=C\CCCCCCCCC(=O)OC(COC(=O)CCCCCCC)COC(=O)CCCCCCCCCCCCCCCCC/C=C\CCCCCCCCCC. The lowest BCUT2D eigenvalue weighted by molar-refractivity contribution is -0.167. The van der Waals surface area contributed by atoms with Crippen LogP contribution in [-0.4, -0.2) is 37.2 Å². The largest absolute Gasteiger partial charge is 0.462 e. The molecule has 0 saturated heterocycles. The van der Waals surface area contributed by atoms with E-state index >= 15 is 0 Å². The van der Waals surface area contributed by atoms with Crippen LogP contribution >= 0.6 is 0 Å². The third kappa shape index (κ3) is 58.1. The first kappa shape index (κ1) is 68.4. The summed E-state index contributed by atoms with van der Waals surface area (Å²) < 4.78 is 16.8. The van der Waals surface area contributed by atoms with Gasteiger partial charge in [-0.3, -0.25) is 14.4 Å². The van der Waals surface area contributed by atoms with Crippen LogP contribution in [0.15, 0.2) is 48.6 Å². The van der Waals surface area contributed by atoms with E-state index in [0.717, 1.165) is 83.5 Å². The Morgan fingerprint density at radius 2 is 0.507 bits per heavy atom. The molecule has 414 valence electrons. The van der Waals surface area contributed by atoms with Crippen molar-refractivity contribution in [3.05, 3.63) is 48.6 Å². The lowest BCUT2D eigenvalue weighted by Crippen LogP contribution is -2.30. The van der Waals surface area contributed by atoms with E-state index in [1.165, 1.54) is 205 Å². The summed E-state index contributed by atoms with van der Waals surface area (Å²) in [7, 11) is 0. The zero-order valence-electron chi connectivity index (χ0n) is 47.5. The van der Waals surface area contributed by atoms with Crippen LogP contribution in [0.1, 0.15) is 329 Å². The first-order valence-corrected chi connectivity index (χ1v) is 31.1. The third-order valence-electron chi connectivity index (χ3n) is 13.8. The molecule has 0 fully saturated rings. The molecule has 0 aliphatic rings. The zero-order valence-corrected chi connectivity index (χ0v) is 47.5. The molecule has 0 N–H and O–H groups in total. The predicted octanol–water partition coefficient (Wildman–Crippen LogP) is 21.0. The van der Waals surface area contributed by atoms with Gasteiger partial charge in [-0.15, -0.1) is 0 Å². The molecule has 0 amide bonds. The van der Waals surface area contributed by atoms with Crippen molar-refractivity contribution >= 4 is 17.9 Å². The standard InChI is InChI=1S/C65H118O6/c1-4-7-10-13-15-17-19-21-23-25-27-29-30-31-32-33-34-36-37-39-41-43-45-47-49-52-55-58-64(67)70-61-62(60-69-63(66)57-54-51-12-9-6-3)71-65(68)59-56-53-50-48-46-44-42-40-38-35-28-26-24-22-20-18-16-14-11-8-5-2/h20,22,25-28,38,40,62H,4-19,21,23-24,29-37,39,41-61H2,1-3H3/b22-20-,27-25-,28-26-,40-38-. The summed E-state index contributed by atoms with van der Waals surface area (Å²) in [5.41, 5.74) is 0. The highest BCUT2D eigenvalue weighted by Gasteiger charge is 2.19. The molecule has 1 unspecified atom stereocenters. The molecule has 71 heavy (non-hydrogen) atoms. The van der Waals surface area contributed by atoms with E-state index in [0.29, 0.717) is 19.3 Å². The molecule has 0 heterocycles. The Kier molecular flexibility index (Phi) is 57.7. The average Bonchev–Trinajstić information content (AvgIpc) is 3.37. The van der Waals surface area contributed by atoms with E-state index in [1.54, 1.807) is 0 Å². The van der Waals surface area contributed by atoms with Crippen LogP contribution in [0.4, 0.5) is 0 Å². The quantitative estimate of drug-likeness (QED) is 0.0261. The number of hydrogen-bond donors (Lipinski definition) is 0. The summed E-state index contributed by atoms with van der Waals surface area (Å²) in [5, 5.41) is 0. The Hall–Kier alpha value is -2.63. The minimum atomic E-state index is -0.776. The van der Waals surface area contributed by atoms with Crippen molar-refractivity contribution in [1.82, 2.24) is 0 Å². The van der Waals surface area contributed by atoms with Crippen molar-refractivity contribution in [3.63, 3.8) is 0 Å². The van der Waals surface area contributed by atoms with Crippen LogP contribution in [-0.2, 0) is 28.6 Å². The first-order valence-electron chi connectivity index (χ1n) is 31.1. The fraction of sp³-hybridized carbons (Fsp3) is 0.831. The summed E-state index contributed by atoms with van der Waals surface area (Å²) in [6.45, 7) is 6.57. The van der Waals surface area contributed by atoms with Gasteiger partial charge in [-0.25, -0.2) is 0 Å². The topological polar surface area (TPSA) is 78.9 Å². The predicted molar refractivity (Wildman–Crippen MR) is 307 cm³/mol. The van der Waals surface area contributed by atoms with Crippen molar-refractivity contribution in [2.24, 2.45) is 0 Å². The monoisotopic (exact) mass is 995 g/mol. The van der Waals surface area contributed by atoms with Crippen LogP contribution in [0.2, 0.25) is 0 Å². The van der Waals surface area contributed by atoms with Crippen LogP contribution < -0.4 is 0 Å². The first-order chi connectivity index (χ1) is 35.0. The second-order valence-electron chi connectivity index (χ2n) is 21.0. The highest BCUT2D eigenvalue weighted by atomic mass is 16.6. The maximum Gasteiger partial charge on any atom is 0.306 e. The number of carbonyl (C=O) groups is 3. The fourth-order valence-electron chi connectivity index (χ4n) is 9.09. The number of ether oxygens (including phenoxy) is 3. The molecular formula is C65H118O6. The molecule has 0 aromatic heterocycles. The Morgan fingerprint density at radius 3 is 0.803 bits per heavy atom. The number of hydrogen-bond acceptors (Lipinski definition) is 6. The van der Waals surface area contributed by atoms with Crippen LogP contribution in [0.3, 0.4) is 0 Å². The highest BCUT2D eigenvalue weighted by Crippen LogP contribution is 2.17. The number of rotatable bonds is 57. The van der Waals surface area contributed by atoms with Crippen LogP contribution in [0.25, 0.3) is 0 Å². The molecule has 0 spiro atoms. The highest BCUT2D eigenvalue weighted by molar-refractivity contribution is 5.71. The molecule has 6 heteroatoms. The van der Waals surface area contributed by atoms with Crippen molar-refractivity contribution in [2.45, 2.75) is 335 Å². The maximum absolute atomic E-state index is 12.8. The lowest BCUT2D eigenvalue weighted by atomic mass is 10.0. The van der Waals surface area contributed by atoms with Crippen molar-refractivity contribution in [3.8, 4) is 0 Å². The van der Waals surface area contributed by atoms with Crippen LogP contribution in [0, 0.1) is 0 Å². The maximum atomic E-state index is 12.8. The molecule has 0 aliphatic carbocycles. The second kappa shape index (κ2) is 59.9. The Balaban J connectivity index is 4.03. The summed E-state index contributed by atoms with van der Waals surface area (Å²) in [6.07, 6.45) is 74.5. The Bertz CT molecular complexity index is 1230. The molecule has 0 aromatic carbocycles. The van der Waals surface area contributed by atoms with Gasteiger partial charge < -0.3 is 14.2 Å². The minimum Gasteiger partial charge on any atom is -0.462 e. The van der Waals surface area contributed by atoms with E-state index in [9.17, 15) is 14.4 Å². The number of allylic oxidation sites excluding steroid dienone is 8. The van der Waals surface area contributed by atoms with Gasteiger partial charge in [0, 0.05) is 19.3 Å². The number of esters is 3. The van der Waals surface area contributed by atoms with Crippen LogP contribution in [0.5, 0.6) is 0 Å². The van der Waals surface area contributed by atoms with Gasteiger partial charge in [-0.1, -0.05) is 275 Å². The van der Waals surface area contributed by atoms with Gasteiger partial charge in [0.05, 0.1) is 0 Å². The Labute approximate surface area is 441 Å². The summed E-state index contributed by atoms with van der Waals surface area (Å²) >= 11 is 0.